The van der Waals surface area contributed by atoms with Crippen LogP contribution in [0, 0.1) is 18.3 Å². The highest BCUT2D eigenvalue weighted by Crippen LogP contribution is 2.29. The molecular weight excluding hydrogens is 324 g/mol. The zero-order valence-electron chi connectivity index (χ0n) is 12.9. The van der Waals surface area contributed by atoms with Gasteiger partial charge in [-0.1, -0.05) is 47.7 Å². The van der Waals surface area contributed by atoms with Crippen LogP contribution in [0.2, 0.25) is 0 Å². The van der Waals surface area contributed by atoms with Gasteiger partial charge in [-0.2, -0.15) is 5.26 Å². The van der Waals surface area contributed by atoms with Gasteiger partial charge in [-0.25, -0.2) is 0 Å². The van der Waals surface area contributed by atoms with Crippen molar-refractivity contribution in [1.29, 1.82) is 5.26 Å². The average Bonchev–Trinajstić information content (AvgIpc) is 3.19. The van der Waals surface area contributed by atoms with Crippen LogP contribution in [0.4, 0.5) is 0 Å². The zero-order chi connectivity index (χ0) is 16.2. The maximum Gasteiger partial charge on any atom is 0.192 e. The molecule has 0 bridgehead atoms. The largest absolute Gasteiger partial charge is 0.304 e. The Morgan fingerprint density at radius 3 is 2.70 bits per heavy atom. The molecule has 0 saturated heterocycles. The minimum Gasteiger partial charge on any atom is -0.304 e. The fourth-order valence-corrected chi connectivity index (χ4v) is 3.88. The van der Waals surface area contributed by atoms with E-state index in [0.717, 1.165) is 21.4 Å². The van der Waals surface area contributed by atoms with E-state index in [2.05, 4.69) is 47.5 Å². The van der Waals surface area contributed by atoms with Crippen LogP contribution in [0.5, 0.6) is 0 Å². The van der Waals surface area contributed by atoms with E-state index in [1.807, 2.05) is 29.1 Å². The molecule has 0 aliphatic carbocycles. The number of benzene rings is 1. The summed E-state index contributed by atoms with van der Waals surface area (Å²) >= 11 is 3.10. The predicted octanol–water partition coefficient (Wildman–Crippen LogP) is 4.08. The number of hydrogen-bond donors (Lipinski definition) is 0. The van der Waals surface area contributed by atoms with Gasteiger partial charge in [0.2, 0.25) is 0 Å². The minimum atomic E-state index is -0.184. The van der Waals surface area contributed by atoms with Crippen molar-refractivity contribution in [2.75, 3.05) is 0 Å². The van der Waals surface area contributed by atoms with Crippen molar-refractivity contribution in [3.8, 4) is 16.8 Å². The second kappa shape index (κ2) is 6.99. The summed E-state index contributed by atoms with van der Waals surface area (Å²) in [7, 11) is 1.94. The Hall–Kier alpha value is -2.10. The van der Waals surface area contributed by atoms with Crippen LogP contribution in [0.25, 0.3) is 10.7 Å². The van der Waals surface area contributed by atoms with Crippen molar-refractivity contribution >= 4 is 23.1 Å². The number of thiophene rings is 1. The molecule has 0 N–H and O–H groups in total. The molecule has 2 aromatic heterocycles. The van der Waals surface area contributed by atoms with Gasteiger partial charge in [0.05, 0.1) is 10.9 Å². The van der Waals surface area contributed by atoms with Gasteiger partial charge in [0.1, 0.15) is 5.25 Å². The number of aryl methyl sites for hydroxylation is 1. The highest BCUT2D eigenvalue weighted by Gasteiger charge is 2.17. The number of aromatic nitrogens is 3. The molecule has 23 heavy (non-hydrogen) atoms. The molecule has 1 atom stereocenters. The van der Waals surface area contributed by atoms with E-state index < -0.39 is 0 Å². The van der Waals surface area contributed by atoms with Crippen molar-refractivity contribution in [3.05, 3.63) is 52.9 Å². The lowest BCUT2D eigenvalue weighted by Crippen LogP contribution is -2.06. The van der Waals surface area contributed by atoms with Gasteiger partial charge < -0.3 is 4.57 Å². The quantitative estimate of drug-likeness (QED) is 0.657. The number of hydrogen-bond acceptors (Lipinski definition) is 5. The predicted molar refractivity (Wildman–Crippen MR) is 94.5 cm³/mol. The lowest BCUT2D eigenvalue weighted by atomic mass is 10.1. The van der Waals surface area contributed by atoms with Gasteiger partial charge in [-0.15, -0.1) is 21.5 Å². The molecule has 4 nitrogen and oxygen atoms in total. The lowest BCUT2D eigenvalue weighted by molar-refractivity contribution is 0.791. The van der Waals surface area contributed by atoms with E-state index >= 15 is 0 Å². The maximum atomic E-state index is 9.46. The third-order valence-corrected chi connectivity index (χ3v) is 5.50. The Bertz CT molecular complexity index is 813. The molecule has 6 heteroatoms. The number of nitrogens with zero attached hydrogens (tertiary/aromatic N) is 4. The second-order valence-electron chi connectivity index (χ2n) is 5.27. The summed E-state index contributed by atoms with van der Waals surface area (Å²) in [5.41, 5.74) is 2.39. The topological polar surface area (TPSA) is 54.5 Å². The van der Waals surface area contributed by atoms with Gasteiger partial charge in [0, 0.05) is 7.05 Å². The average molecular weight is 340 g/mol. The Morgan fingerprint density at radius 2 is 2.04 bits per heavy atom. The van der Waals surface area contributed by atoms with Crippen LogP contribution in [-0.2, 0) is 13.5 Å². The summed E-state index contributed by atoms with van der Waals surface area (Å²) in [6.45, 7) is 2.06. The Labute approximate surface area is 143 Å². The highest BCUT2D eigenvalue weighted by atomic mass is 32.2. The van der Waals surface area contributed by atoms with E-state index in [9.17, 15) is 5.26 Å². The Balaban J connectivity index is 1.75. The molecule has 0 aliphatic heterocycles. The van der Waals surface area contributed by atoms with E-state index in [1.165, 1.54) is 17.3 Å². The smallest absolute Gasteiger partial charge is 0.192 e. The van der Waals surface area contributed by atoms with Crippen LogP contribution < -0.4 is 0 Å². The summed E-state index contributed by atoms with van der Waals surface area (Å²) < 4.78 is 1.95. The first-order valence-corrected chi connectivity index (χ1v) is 8.98. The summed E-state index contributed by atoms with van der Waals surface area (Å²) in [6.07, 6.45) is 0.697. The number of nitriles is 1. The molecule has 1 unspecified atom stereocenters. The first-order valence-electron chi connectivity index (χ1n) is 7.22. The Kier molecular flexibility index (Phi) is 4.79. The van der Waals surface area contributed by atoms with Gasteiger partial charge in [0.25, 0.3) is 0 Å². The van der Waals surface area contributed by atoms with E-state index in [-0.39, 0.29) is 5.25 Å². The molecule has 3 rings (SSSR count). The molecule has 1 aromatic carbocycles. The summed E-state index contributed by atoms with van der Waals surface area (Å²) in [5.74, 6) is 0.842. The Morgan fingerprint density at radius 1 is 1.26 bits per heavy atom. The summed E-state index contributed by atoms with van der Waals surface area (Å²) in [4.78, 5) is 1.08. The fourth-order valence-electron chi connectivity index (χ4n) is 2.22. The fraction of sp³-hybridized carbons (Fsp3) is 0.235. The summed E-state index contributed by atoms with van der Waals surface area (Å²) in [6, 6.07) is 14.7. The SMILES string of the molecule is Cc1ccc(CC(C#N)Sc2nnc(-c3cccs3)n2C)cc1. The van der Waals surface area contributed by atoms with Gasteiger partial charge in [-0.05, 0) is 30.4 Å². The molecule has 2 heterocycles. The maximum absolute atomic E-state index is 9.46. The molecule has 0 radical (unpaired) electrons. The van der Waals surface area contributed by atoms with Gasteiger partial charge >= 0.3 is 0 Å². The van der Waals surface area contributed by atoms with Crippen LogP contribution >= 0.6 is 23.1 Å². The van der Waals surface area contributed by atoms with Crippen molar-refractivity contribution in [2.45, 2.75) is 23.8 Å². The van der Waals surface area contributed by atoms with E-state index in [4.69, 9.17) is 0 Å². The molecule has 3 aromatic rings. The first-order chi connectivity index (χ1) is 11.2. The minimum absolute atomic E-state index is 0.184. The number of thioether (sulfide) groups is 1. The van der Waals surface area contributed by atoms with Gasteiger partial charge in [-0.3, -0.25) is 0 Å². The molecule has 0 aliphatic rings. The second-order valence-corrected chi connectivity index (χ2v) is 7.39. The first kappa shape index (κ1) is 15.8. The van der Waals surface area contributed by atoms with Crippen molar-refractivity contribution in [2.24, 2.45) is 7.05 Å². The lowest BCUT2D eigenvalue weighted by Gasteiger charge is -2.09. The number of rotatable bonds is 5. The molecule has 116 valence electrons. The van der Waals surface area contributed by atoms with Crippen LogP contribution in [0.1, 0.15) is 11.1 Å². The third kappa shape index (κ3) is 3.63. The standard InChI is InChI=1S/C17H16N4S2/c1-12-5-7-13(8-6-12)10-14(11-18)23-17-20-19-16(21(17)2)15-4-3-9-22-15/h3-9,14H,10H2,1-2H3. The van der Waals surface area contributed by atoms with Crippen LogP contribution in [0.15, 0.2) is 46.9 Å². The third-order valence-electron chi connectivity index (χ3n) is 3.51. The normalized spacial score (nSPS) is 12.0. The van der Waals surface area contributed by atoms with E-state index in [1.54, 1.807) is 11.3 Å². The molecular formula is C17H16N4S2. The summed E-state index contributed by atoms with van der Waals surface area (Å²) in [5, 5.41) is 20.6. The van der Waals surface area contributed by atoms with Crippen molar-refractivity contribution in [3.63, 3.8) is 0 Å². The van der Waals surface area contributed by atoms with Crippen LogP contribution in [-0.4, -0.2) is 20.0 Å². The van der Waals surface area contributed by atoms with Crippen molar-refractivity contribution < 1.29 is 0 Å². The zero-order valence-corrected chi connectivity index (χ0v) is 14.6. The molecule has 0 fully saturated rings. The van der Waals surface area contributed by atoms with Gasteiger partial charge in [0.15, 0.2) is 11.0 Å². The van der Waals surface area contributed by atoms with E-state index in [0.29, 0.717) is 6.42 Å². The highest BCUT2D eigenvalue weighted by molar-refractivity contribution is 8.00. The van der Waals surface area contributed by atoms with Crippen molar-refractivity contribution in [1.82, 2.24) is 14.8 Å². The molecule has 0 saturated carbocycles. The van der Waals surface area contributed by atoms with Crippen LogP contribution in [0.3, 0.4) is 0 Å². The molecule has 0 amide bonds. The monoisotopic (exact) mass is 340 g/mol. The molecule has 0 spiro atoms.